The minimum Gasteiger partial charge on any atom is -0.342 e. The van der Waals surface area contributed by atoms with Crippen LogP contribution in [0.15, 0.2) is 47.8 Å². The molecule has 27 heavy (non-hydrogen) atoms. The summed E-state index contributed by atoms with van der Waals surface area (Å²) >= 11 is 1.10. The van der Waals surface area contributed by atoms with Crippen LogP contribution in [0.2, 0.25) is 0 Å². The van der Waals surface area contributed by atoms with E-state index in [1.54, 1.807) is 18.2 Å². The van der Waals surface area contributed by atoms with Gasteiger partial charge in [-0.3, -0.25) is 9.59 Å². The second-order valence-corrected chi connectivity index (χ2v) is 6.24. The van der Waals surface area contributed by atoms with Crippen molar-refractivity contribution in [3.63, 3.8) is 0 Å². The first-order valence-corrected chi connectivity index (χ1v) is 8.55. The fraction of sp³-hybridized carbons (Fsp3) is 0.0556. The molecular formula is C18H12F3N3O2S. The lowest BCUT2D eigenvalue weighted by atomic mass is 10.2. The van der Waals surface area contributed by atoms with Crippen LogP contribution in [0.25, 0.3) is 10.6 Å². The van der Waals surface area contributed by atoms with Gasteiger partial charge in [0, 0.05) is 22.7 Å². The lowest BCUT2D eigenvalue weighted by molar-refractivity contribution is -0.115. The molecule has 3 rings (SSSR count). The van der Waals surface area contributed by atoms with Crippen molar-refractivity contribution >= 4 is 28.8 Å². The molecule has 138 valence electrons. The Balaban J connectivity index is 1.58. The molecule has 1 heterocycles. The van der Waals surface area contributed by atoms with Crippen LogP contribution in [0.5, 0.6) is 0 Å². The van der Waals surface area contributed by atoms with Gasteiger partial charge in [0.15, 0.2) is 11.6 Å². The maximum atomic E-state index is 13.8. The highest BCUT2D eigenvalue weighted by Gasteiger charge is 2.15. The van der Waals surface area contributed by atoms with E-state index < -0.39 is 35.8 Å². The smallest absolute Gasteiger partial charge is 0.271 e. The normalized spacial score (nSPS) is 10.5. The van der Waals surface area contributed by atoms with Crippen molar-refractivity contribution in [2.24, 2.45) is 0 Å². The molecule has 3 aromatic rings. The molecule has 0 aliphatic heterocycles. The first-order chi connectivity index (χ1) is 12.9. The summed E-state index contributed by atoms with van der Waals surface area (Å²) < 4.78 is 39.7. The number of anilines is 1. The van der Waals surface area contributed by atoms with Crippen LogP contribution in [0.4, 0.5) is 18.9 Å². The van der Waals surface area contributed by atoms with Gasteiger partial charge in [-0.25, -0.2) is 18.2 Å². The Labute approximate surface area is 155 Å². The molecule has 5 nitrogen and oxygen atoms in total. The van der Waals surface area contributed by atoms with Crippen LogP contribution < -0.4 is 10.6 Å². The average molecular weight is 391 g/mol. The largest absolute Gasteiger partial charge is 0.342 e. The highest BCUT2D eigenvalue weighted by atomic mass is 32.1. The summed E-state index contributed by atoms with van der Waals surface area (Å²) in [6, 6.07) is 8.94. The SMILES string of the molecule is O=C(CNC(=O)c1csc(-c2ccccc2F)n1)Nc1ccc(F)c(F)c1. The molecule has 9 heteroatoms. The molecule has 0 fully saturated rings. The number of thiazole rings is 1. The summed E-state index contributed by atoms with van der Waals surface area (Å²) in [6.45, 7) is -0.398. The van der Waals surface area contributed by atoms with Gasteiger partial charge >= 0.3 is 0 Å². The fourth-order valence-electron chi connectivity index (χ4n) is 2.17. The summed E-state index contributed by atoms with van der Waals surface area (Å²) in [5, 5.41) is 6.47. The first kappa shape index (κ1) is 18.6. The Bertz CT molecular complexity index is 1010. The molecule has 2 N–H and O–H groups in total. The van der Waals surface area contributed by atoms with Crippen LogP contribution in [-0.2, 0) is 4.79 Å². The van der Waals surface area contributed by atoms with Gasteiger partial charge in [0.2, 0.25) is 5.91 Å². The van der Waals surface area contributed by atoms with E-state index in [4.69, 9.17) is 0 Å². The highest BCUT2D eigenvalue weighted by Crippen LogP contribution is 2.26. The van der Waals surface area contributed by atoms with Gasteiger partial charge in [0.25, 0.3) is 5.91 Å². The predicted molar refractivity (Wildman–Crippen MR) is 94.8 cm³/mol. The predicted octanol–water partition coefficient (Wildman–Crippen LogP) is 3.60. The van der Waals surface area contributed by atoms with Crippen molar-refractivity contribution in [2.45, 2.75) is 0 Å². The third-order valence-corrected chi connectivity index (χ3v) is 4.33. The van der Waals surface area contributed by atoms with E-state index in [2.05, 4.69) is 15.6 Å². The first-order valence-electron chi connectivity index (χ1n) is 7.67. The van der Waals surface area contributed by atoms with Crippen LogP contribution in [0, 0.1) is 17.5 Å². The maximum Gasteiger partial charge on any atom is 0.271 e. The Morgan fingerprint density at radius 2 is 1.78 bits per heavy atom. The van der Waals surface area contributed by atoms with Gasteiger partial charge in [-0.05, 0) is 24.3 Å². The number of amides is 2. The molecular weight excluding hydrogens is 379 g/mol. The summed E-state index contributed by atoms with van der Waals surface area (Å²) in [5.74, 6) is -3.83. The van der Waals surface area contributed by atoms with Gasteiger partial charge < -0.3 is 10.6 Å². The van der Waals surface area contributed by atoms with Crippen molar-refractivity contribution < 1.29 is 22.8 Å². The molecule has 1 aromatic heterocycles. The van der Waals surface area contributed by atoms with Crippen LogP contribution in [0.1, 0.15) is 10.5 Å². The van der Waals surface area contributed by atoms with E-state index in [9.17, 15) is 22.8 Å². The molecule has 0 aliphatic carbocycles. The average Bonchev–Trinajstić information content (AvgIpc) is 3.13. The second-order valence-electron chi connectivity index (χ2n) is 5.38. The number of benzene rings is 2. The fourth-order valence-corrected chi connectivity index (χ4v) is 2.99. The van der Waals surface area contributed by atoms with Gasteiger partial charge in [-0.1, -0.05) is 12.1 Å². The number of nitrogens with one attached hydrogen (secondary N) is 2. The van der Waals surface area contributed by atoms with Gasteiger partial charge in [-0.15, -0.1) is 11.3 Å². The number of nitrogens with zero attached hydrogens (tertiary/aromatic N) is 1. The monoisotopic (exact) mass is 391 g/mol. The van der Waals surface area contributed by atoms with E-state index in [1.165, 1.54) is 17.5 Å². The van der Waals surface area contributed by atoms with E-state index in [0.29, 0.717) is 5.01 Å². The van der Waals surface area contributed by atoms with Crippen LogP contribution in [0.3, 0.4) is 0 Å². The molecule has 0 radical (unpaired) electrons. The zero-order valence-electron chi connectivity index (χ0n) is 13.6. The standard InChI is InChI=1S/C18H12F3N3O2S/c19-12-4-2-1-3-11(12)18-24-15(9-27-18)17(26)22-8-16(25)23-10-5-6-13(20)14(21)7-10/h1-7,9H,8H2,(H,22,26)(H,23,25). The Kier molecular flexibility index (Phi) is 5.51. The minimum absolute atomic E-state index is 0.0406. The third kappa shape index (κ3) is 4.50. The lowest BCUT2D eigenvalue weighted by Crippen LogP contribution is -2.33. The lowest BCUT2D eigenvalue weighted by Gasteiger charge is -2.06. The van der Waals surface area contributed by atoms with Gasteiger partial charge in [0.1, 0.15) is 16.5 Å². The number of hydrogen-bond acceptors (Lipinski definition) is 4. The maximum absolute atomic E-state index is 13.8. The summed E-state index contributed by atoms with van der Waals surface area (Å²) in [4.78, 5) is 28.0. The van der Waals surface area contributed by atoms with E-state index in [1.807, 2.05) is 0 Å². The van der Waals surface area contributed by atoms with Gasteiger partial charge in [0.05, 0.1) is 6.54 Å². The van der Waals surface area contributed by atoms with Crippen molar-refractivity contribution in [1.82, 2.24) is 10.3 Å². The topological polar surface area (TPSA) is 71.1 Å². The number of hydrogen-bond donors (Lipinski definition) is 2. The number of aromatic nitrogens is 1. The summed E-state index contributed by atoms with van der Waals surface area (Å²) in [5.41, 5.74) is 0.375. The molecule has 2 aromatic carbocycles. The molecule has 0 atom stereocenters. The second kappa shape index (κ2) is 8.00. The van der Waals surface area contributed by atoms with E-state index in [-0.39, 0.29) is 16.9 Å². The number of halogens is 3. The van der Waals surface area contributed by atoms with Gasteiger partial charge in [-0.2, -0.15) is 0 Å². The Hall–Kier alpha value is -3.20. The third-order valence-electron chi connectivity index (χ3n) is 3.45. The molecule has 0 spiro atoms. The minimum atomic E-state index is -1.10. The Morgan fingerprint density at radius 1 is 1.00 bits per heavy atom. The van der Waals surface area contributed by atoms with E-state index in [0.717, 1.165) is 23.5 Å². The zero-order valence-corrected chi connectivity index (χ0v) is 14.4. The van der Waals surface area contributed by atoms with E-state index >= 15 is 0 Å². The quantitative estimate of drug-likeness (QED) is 0.698. The Morgan fingerprint density at radius 3 is 2.52 bits per heavy atom. The van der Waals surface area contributed by atoms with Crippen molar-refractivity contribution in [3.8, 4) is 10.6 Å². The van der Waals surface area contributed by atoms with Crippen molar-refractivity contribution in [3.05, 3.63) is 71.0 Å². The van der Waals surface area contributed by atoms with Crippen LogP contribution in [-0.4, -0.2) is 23.3 Å². The molecule has 0 bridgehead atoms. The highest BCUT2D eigenvalue weighted by molar-refractivity contribution is 7.13. The number of carbonyl (C=O) groups excluding carboxylic acids is 2. The zero-order chi connectivity index (χ0) is 19.4. The molecule has 0 saturated heterocycles. The summed E-state index contributed by atoms with van der Waals surface area (Å²) in [7, 11) is 0. The van der Waals surface area contributed by atoms with Crippen molar-refractivity contribution in [1.29, 1.82) is 0 Å². The molecule has 0 unspecified atom stereocenters. The molecule has 0 aliphatic rings. The number of rotatable bonds is 5. The molecule has 2 amide bonds. The van der Waals surface area contributed by atoms with Crippen LogP contribution >= 0.6 is 11.3 Å². The van der Waals surface area contributed by atoms with Crippen molar-refractivity contribution in [2.75, 3.05) is 11.9 Å². The number of carbonyl (C=O) groups is 2. The molecule has 0 saturated carbocycles. The summed E-state index contributed by atoms with van der Waals surface area (Å²) in [6.07, 6.45) is 0.